The molecule has 0 spiro atoms. The fourth-order valence-corrected chi connectivity index (χ4v) is 2.54. The van der Waals surface area contributed by atoms with Crippen LogP contribution in [0.5, 0.6) is 0 Å². The Hall–Kier alpha value is -1.08. The van der Waals surface area contributed by atoms with Crippen molar-refractivity contribution in [3.63, 3.8) is 0 Å². The smallest absolute Gasteiger partial charge is 0.0152 e. The molecule has 2 rings (SSSR count). The molecule has 0 atom stereocenters. The number of halogens is 1. The van der Waals surface area contributed by atoms with Crippen LogP contribution in [0.4, 0.5) is 0 Å². The average molecular weight is 303 g/mol. The monoisotopic (exact) mass is 302 g/mol. The Morgan fingerprint density at radius 3 is 1.44 bits per heavy atom. The highest BCUT2D eigenvalue weighted by molar-refractivity contribution is 9.09. The van der Waals surface area contributed by atoms with Crippen LogP contribution < -0.4 is 0 Å². The summed E-state index contributed by atoms with van der Waals surface area (Å²) in [7, 11) is 0. The van der Waals surface area contributed by atoms with Crippen molar-refractivity contribution >= 4 is 15.9 Å². The molecular formula is C17H19Br. The first-order valence-corrected chi connectivity index (χ1v) is 7.48. The maximum absolute atomic E-state index is 3.79. The van der Waals surface area contributed by atoms with Crippen LogP contribution in [-0.4, -0.2) is 4.83 Å². The van der Waals surface area contributed by atoms with E-state index in [1.54, 1.807) is 0 Å². The van der Waals surface area contributed by atoms with Crippen molar-refractivity contribution in [3.8, 4) is 0 Å². The van der Waals surface area contributed by atoms with Gasteiger partial charge >= 0.3 is 0 Å². The van der Waals surface area contributed by atoms with Gasteiger partial charge in [0, 0.05) is 4.83 Å². The third-order valence-corrected chi connectivity index (χ3v) is 4.09. The normalized spacial score (nSPS) is 10.8. The average Bonchev–Trinajstić information content (AvgIpc) is 2.45. The van der Waals surface area contributed by atoms with Gasteiger partial charge in [0.25, 0.3) is 0 Å². The molecular weight excluding hydrogens is 284 g/mol. The molecule has 18 heavy (non-hydrogen) atoms. The zero-order valence-electron chi connectivity index (χ0n) is 10.6. The molecule has 0 saturated carbocycles. The summed E-state index contributed by atoms with van der Waals surface area (Å²) in [5.41, 5.74) is 2.86. The molecule has 0 fully saturated rings. The van der Waals surface area contributed by atoms with E-state index in [4.69, 9.17) is 0 Å². The van der Waals surface area contributed by atoms with E-state index in [0.717, 1.165) is 12.8 Å². The number of hydrogen-bond acceptors (Lipinski definition) is 0. The zero-order chi connectivity index (χ0) is 12.6. The number of aryl methyl sites for hydroxylation is 2. The molecule has 2 aromatic rings. The van der Waals surface area contributed by atoms with Gasteiger partial charge in [-0.3, -0.25) is 0 Å². The molecule has 0 heterocycles. The minimum absolute atomic E-state index is 0.609. The minimum Gasteiger partial charge on any atom is -0.0890 e. The highest BCUT2D eigenvalue weighted by atomic mass is 79.9. The fraction of sp³-hybridized carbons (Fsp3) is 0.294. The van der Waals surface area contributed by atoms with Gasteiger partial charge in [0.05, 0.1) is 0 Å². The molecule has 0 amide bonds. The Labute approximate surface area is 118 Å². The molecule has 0 saturated heterocycles. The molecule has 0 aliphatic carbocycles. The molecule has 0 bridgehead atoms. The van der Waals surface area contributed by atoms with Gasteiger partial charge in [-0.2, -0.15) is 0 Å². The first-order chi connectivity index (χ1) is 8.84. The van der Waals surface area contributed by atoms with Crippen LogP contribution in [0.3, 0.4) is 0 Å². The van der Waals surface area contributed by atoms with Crippen molar-refractivity contribution in [2.75, 3.05) is 0 Å². The van der Waals surface area contributed by atoms with E-state index in [0.29, 0.717) is 4.83 Å². The van der Waals surface area contributed by atoms with E-state index in [2.05, 4.69) is 76.6 Å². The zero-order valence-corrected chi connectivity index (χ0v) is 12.1. The Balaban J connectivity index is 1.71. The molecule has 0 aliphatic heterocycles. The van der Waals surface area contributed by atoms with Crippen molar-refractivity contribution in [2.24, 2.45) is 0 Å². The Morgan fingerprint density at radius 1 is 0.667 bits per heavy atom. The predicted molar refractivity (Wildman–Crippen MR) is 82.2 cm³/mol. The fourth-order valence-electron chi connectivity index (χ4n) is 2.08. The summed E-state index contributed by atoms with van der Waals surface area (Å²) in [5, 5.41) is 0. The maximum Gasteiger partial charge on any atom is 0.0152 e. The van der Waals surface area contributed by atoms with Crippen molar-refractivity contribution in [1.29, 1.82) is 0 Å². The molecule has 0 N–H and O–H groups in total. The molecule has 1 heteroatoms. The Morgan fingerprint density at radius 2 is 1.06 bits per heavy atom. The summed E-state index contributed by atoms with van der Waals surface area (Å²) in [5.74, 6) is 0. The van der Waals surface area contributed by atoms with E-state index < -0.39 is 0 Å². The quantitative estimate of drug-likeness (QED) is 0.658. The Kier molecular flexibility index (Phi) is 5.47. The van der Waals surface area contributed by atoms with Gasteiger partial charge in [-0.25, -0.2) is 0 Å². The van der Waals surface area contributed by atoms with Crippen LogP contribution >= 0.6 is 15.9 Å². The summed E-state index contributed by atoms with van der Waals surface area (Å²) in [4.78, 5) is 0.609. The van der Waals surface area contributed by atoms with Gasteiger partial charge < -0.3 is 0 Å². The second-order valence-electron chi connectivity index (χ2n) is 4.65. The lowest BCUT2D eigenvalue weighted by molar-refractivity contribution is 0.705. The first kappa shape index (κ1) is 13.4. The van der Waals surface area contributed by atoms with Crippen molar-refractivity contribution in [2.45, 2.75) is 30.5 Å². The maximum atomic E-state index is 3.79. The van der Waals surface area contributed by atoms with Gasteiger partial charge in [0.2, 0.25) is 0 Å². The summed E-state index contributed by atoms with van der Waals surface area (Å²) in [6.45, 7) is 0. The van der Waals surface area contributed by atoms with Crippen molar-refractivity contribution < 1.29 is 0 Å². The van der Waals surface area contributed by atoms with Gasteiger partial charge in [-0.15, -0.1) is 0 Å². The molecule has 0 nitrogen and oxygen atoms in total. The standard InChI is InChI=1S/C17H19Br/c18-17(13-11-15-7-3-1-4-8-15)14-12-16-9-5-2-6-10-16/h1-10,17H,11-14H2. The van der Waals surface area contributed by atoms with E-state index in [1.807, 2.05) is 0 Å². The second kappa shape index (κ2) is 7.38. The van der Waals surface area contributed by atoms with Crippen LogP contribution in [0.2, 0.25) is 0 Å². The highest BCUT2D eigenvalue weighted by Gasteiger charge is 2.05. The molecule has 0 radical (unpaired) electrons. The van der Waals surface area contributed by atoms with E-state index in [9.17, 15) is 0 Å². The molecule has 0 aromatic heterocycles. The molecule has 2 aromatic carbocycles. The van der Waals surface area contributed by atoms with Gasteiger partial charge in [-0.05, 0) is 36.8 Å². The molecule has 0 aliphatic rings. The van der Waals surface area contributed by atoms with E-state index in [-0.39, 0.29) is 0 Å². The molecule has 94 valence electrons. The second-order valence-corrected chi connectivity index (χ2v) is 5.94. The lowest BCUT2D eigenvalue weighted by atomic mass is 10.0. The summed E-state index contributed by atoms with van der Waals surface area (Å²) < 4.78 is 0. The largest absolute Gasteiger partial charge is 0.0890 e. The number of alkyl halides is 1. The van der Waals surface area contributed by atoms with Crippen molar-refractivity contribution in [3.05, 3.63) is 71.8 Å². The van der Waals surface area contributed by atoms with Crippen LogP contribution in [0.25, 0.3) is 0 Å². The van der Waals surface area contributed by atoms with Crippen LogP contribution in [-0.2, 0) is 12.8 Å². The lowest BCUT2D eigenvalue weighted by Gasteiger charge is -2.09. The van der Waals surface area contributed by atoms with Crippen LogP contribution in [0.1, 0.15) is 24.0 Å². The number of benzene rings is 2. The third kappa shape index (κ3) is 4.66. The lowest BCUT2D eigenvalue weighted by Crippen LogP contribution is -2.02. The van der Waals surface area contributed by atoms with Crippen LogP contribution in [0.15, 0.2) is 60.7 Å². The summed E-state index contributed by atoms with van der Waals surface area (Å²) in [6, 6.07) is 21.4. The number of hydrogen-bond donors (Lipinski definition) is 0. The van der Waals surface area contributed by atoms with Crippen LogP contribution in [0, 0.1) is 0 Å². The van der Waals surface area contributed by atoms with Crippen molar-refractivity contribution in [1.82, 2.24) is 0 Å². The third-order valence-electron chi connectivity index (χ3n) is 3.18. The topological polar surface area (TPSA) is 0 Å². The van der Waals surface area contributed by atoms with E-state index >= 15 is 0 Å². The number of rotatable bonds is 6. The Bertz CT molecular complexity index is 392. The molecule has 0 unspecified atom stereocenters. The van der Waals surface area contributed by atoms with Gasteiger partial charge in [0.1, 0.15) is 0 Å². The van der Waals surface area contributed by atoms with Gasteiger partial charge in [-0.1, -0.05) is 76.6 Å². The summed E-state index contributed by atoms with van der Waals surface area (Å²) in [6.07, 6.45) is 4.73. The predicted octanol–water partition coefficient (Wildman–Crippen LogP) is 5.02. The van der Waals surface area contributed by atoms with E-state index in [1.165, 1.54) is 24.0 Å². The minimum atomic E-state index is 0.609. The first-order valence-electron chi connectivity index (χ1n) is 6.56. The highest BCUT2D eigenvalue weighted by Crippen LogP contribution is 2.17. The SMILES string of the molecule is BrC(CCc1ccccc1)CCc1ccccc1. The summed E-state index contributed by atoms with van der Waals surface area (Å²) >= 11 is 3.79. The van der Waals surface area contributed by atoms with Gasteiger partial charge in [0.15, 0.2) is 0 Å².